The van der Waals surface area contributed by atoms with Crippen LogP contribution in [0.1, 0.15) is 18.7 Å². The highest BCUT2D eigenvalue weighted by molar-refractivity contribution is 5.51. The smallest absolute Gasteiger partial charge is 0.247 e. The van der Waals surface area contributed by atoms with Crippen molar-refractivity contribution >= 4 is 0 Å². The molecule has 1 aliphatic rings. The highest BCUT2D eigenvalue weighted by atomic mass is 19.1. The molecule has 1 aromatic carbocycles. The molecule has 0 unspecified atom stereocenters. The van der Waals surface area contributed by atoms with E-state index in [1.807, 2.05) is 4.90 Å². The molecule has 102 valence electrons. The Bertz CT molecular complexity index is 627. The lowest BCUT2D eigenvalue weighted by Crippen LogP contribution is -2.25. The minimum absolute atomic E-state index is 0.303. The van der Waals surface area contributed by atoms with Crippen molar-refractivity contribution in [2.45, 2.75) is 25.4 Å². The molecule has 1 aromatic heterocycles. The summed E-state index contributed by atoms with van der Waals surface area (Å²) in [6.45, 7) is 0.839. The third kappa shape index (κ3) is 2.83. The number of hydrogen-bond donors (Lipinski definition) is 0. The van der Waals surface area contributed by atoms with Crippen LogP contribution in [-0.4, -0.2) is 27.7 Å². The first-order valence-corrected chi connectivity index (χ1v) is 6.45. The second kappa shape index (κ2) is 5.39. The molecule has 0 radical (unpaired) electrons. The van der Waals surface area contributed by atoms with Gasteiger partial charge in [-0.05, 0) is 37.1 Å². The normalized spacial score (nSPS) is 14.4. The summed E-state index contributed by atoms with van der Waals surface area (Å²) in [5.74, 6) is 0.543. The number of nitrogens with zero attached hydrogens (tertiary/aromatic N) is 4. The average molecular weight is 272 g/mol. The van der Waals surface area contributed by atoms with Gasteiger partial charge in [0.25, 0.3) is 0 Å². The molecule has 1 heterocycles. The topological polar surface area (TPSA) is 66.0 Å². The first-order valence-electron chi connectivity index (χ1n) is 6.45. The summed E-state index contributed by atoms with van der Waals surface area (Å²) in [5.41, 5.74) is 0.684. The summed E-state index contributed by atoms with van der Waals surface area (Å²) >= 11 is 0. The van der Waals surface area contributed by atoms with Gasteiger partial charge in [-0.2, -0.15) is 5.26 Å². The summed E-state index contributed by atoms with van der Waals surface area (Å²) in [6.07, 6.45) is 2.22. The molecular weight excluding hydrogens is 259 g/mol. The molecule has 20 heavy (non-hydrogen) atoms. The maximum atomic E-state index is 12.9. The highest BCUT2D eigenvalue weighted by Crippen LogP contribution is 2.28. The number of hydrogen-bond acceptors (Lipinski definition) is 5. The SMILES string of the molecule is N#CCN(Cc1nnc(-c2ccc(F)cc2)o1)C1CC1. The Morgan fingerprint density at radius 2 is 2.05 bits per heavy atom. The number of aromatic nitrogens is 2. The van der Waals surface area contributed by atoms with E-state index in [2.05, 4.69) is 16.3 Å². The Morgan fingerprint density at radius 1 is 1.30 bits per heavy atom. The molecule has 0 saturated heterocycles. The Kier molecular flexibility index (Phi) is 3.44. The van der Waals surface area contributed by atoms with Gasteiger partial charge in [0.15, 0.2) is 0 Å². The molecule has 0 bridgehead atoms. The number of halogens is 1. The maximum absolute atomic E-state index is 12.9. The molecule has 0 N–H and O–H groups in total. The van der Waals surface area contributed by atoms with Crippen LogP contribution in [0.25, 0.3) is 11.5 Å². The molecule has 2 aromatic rings. The molecule has 0 atom stereocenters. The number of nitriles is 1. The Balaban J connectivity index is 1.73. The van der Waals surface area contributed by atoms with Crippen molar-refractivity contribution in [1.29, 1.82) is 5.26 Å². The van der Waals surface area contributed by atoms with Crippen LogP contribution < -0.4 is 0 Å². The van der Waals surface area contributed by atoms with E-state index in [1.54, 1.807) is 12.1 Å². The lowest BCUT2D eigenvalue weighted by atomic mass is 10.2. The summed E-state index contributed by atoms with van der Waals surface area (Å²) in [5, 5.41) is 16.8. The molecule has 0 amide bonds. The van der Waals surface area contributed by atoms with Gasteiger partial charge in [-0.25, -0.2) is 4.39 Å². The third-order valence-electron chi connectivity index (χ3n) is 3.23. The van der Waals surface area contributed by atoms with Crippen LogP contribution in [-0.2, 0) is 6.54 Å². The molecule has 5 nitrogen and oxygen atoms in total. The van der Waals surface area contributed by atoms with Crippen molar-refractivity contribution in [3.63, 3.8) is 0 Å². The average Bonchev–Trinajstić information content (AvgIpc) is 3.20. The Hall–Kier alpha value is -2.26. The molecular formula is C14H13FN4O. The van der Waals surface area contributed by atoms with E-state index >= 15 is 0 Å². The van der Waals surface area contributed by atoms with Crippen molar-refractivity contribution in [2.75, 3.05) is 6.54 Å². The van der Waals surface area contributed by atoms with Gasteiger partial charge in [0.2, 0.25) is 11.8 Å². The van der Waals surface area contributed by atoms with Crippen LogP contribution in [0.15, 0.2) is 28.7 Å². The summed E-state index contributed by atoms with van der Waals surface area (Å²) in [4.78, 5) is 2.03. The Morgan fingerprint density at radius 3 is 2.70 bits per heavy atom. The minimum Gasteiger partial charge on any atom is -0.419 e. The number of benzene rings is 1. The largest absolute Gasteiger partial charge is 0.419 e. The van der Waals surface area contributed by atoms with E-state index < -0.39 is 0 Å². The van der Waals surface area contributed by atoms with Crippen molar-refractivity contribution in [3.8, 4) is 17.5 Å². The van der Waals surface area contributed by atoms with Crippen molar-refractivity contribution in [1.82, 2.24) is 15.1 Å². The van der Waals surface area contributed by atoms with E-state index in [9.17, 15) is 4.39 Å². The zero-order valence-electron chi connectivity index (χ0n) is 10.8. The minimum atomic E-state index is -0.303. The van der Waals surface area contributed by atoms with E-state index in [4.69, 9.17) is 9.68 Å². The maximum Gasteiger partial charge on any atom is 0.247 e. The van der Waals surface area contributed by atoms with E-state index in [1.165, 1.54) is 12.1 Å². The van der Waals surface area contributed by atoms with Crippen LogP contribution in [0, 0.1) is 17.1 Å². The molecule has 1 saturated carbocycles. The second-order valence-corrected chi connectivity index (χ2v) is 4.80. The standard InChI is InChI=1S/C14H13FN4O/c15-11-3-1-10(2-4-11)14-18-17-13(20-14)9-19(8-7-16)12-5-6-12/h1-4,12H,5-6,8-9H2. The quantitative estimate of drug-likeness (QED) is 0.782. The highest BCUT2D eigenvalue weighted by Gasteiger charge is 2.29. The van der Waals surface area contributed by atoms with Crippen LogP contribution in [0.3, 0.4) is 0 Å². The monoisotopic (exact) mass is 272 g/mol. The van der Waals surface area contributed by atoms with Gasteiger partial charge in [-0.15, -0.1) is 10.2 Å². The summed E-state index contributed by atoms with van der Waals surface area (Å²) < 4.78 is 18.4. The Labute approximate surface area is 115 Å². The van der Waals surface area contributed by atoms with Gasteiger partial charge in [0, 0.05) is 11.6 Å². The molecule has 0 aliphatic heterocycles. The lowest BCUT2D eigenvalue weighted by Gasteiger charge is -2.15. The zero-order valence-corrected chi connectivity index (χ0v) is 10.8. The predicted octanol–water partition coefficient (Wildman–Crippen LogP) is 2.36. The molecule has 6 heteroatoms. The van der Waals surface area contributed by atoms with Gasteiger partial charge in [0.1, 0.15) is 5.82 Å². The van der Waals surface area contributed by atoms with Crippen LogP contribution in [0.2, 0.25) is 0 Å². The van der Waals surface area contributed by atoms with Crippen LogP contribution in [0.5, 0.6) is 0 Å². The fourth-order valence-electron chi connectivity index (χ4n) is 2.04. The fraction of sp³-hybridized carbons (Fsp3) is 0.357. The van der Waals surface area contributed by atoms with Crippen molar-refractivity contribution in [2.24, 2.45) is 0 Å². The molecule has 3 rings (SSSR count). The number of rotatable bonds is 5. The first-order chi connectivity index (χ1) is 9.76. The predicted molar refractivity (Wildman–Crippen MR) is 68.7 cm³/mol. The van der Waals surface area contributed by atoms with Gasteiger partial charge in [-0.1, -0.05) is 0 Å². The second-order valence-electron chi connectivity index (χ2n) is 4.80. The zero-order chi connectivity index (χ0) is 13.9. The molecule has 0 spiro atoms. The van der Waals surface area contributed by atoms with Gasteiger partial charge >= 0.3 is 0 Å². The van der Waals surface area contributed by atoms with Gasteiger partial charge in [0.05, 0.1) is 19.2 Å². The molecule has 1 fully saturated rings. The van der Waals surface area contributed by atoms with E-state index in [0.717, 1.165) is 12.8 Å². The van der Waals surface area contributed by atoms with Crippen molar-refractivity contribution in [3.05, 3.63) is 36.0 Å². The van der Waals surface area contributed by atoms with E-state index in [0.29, 0.717) is 36.5 Å². The third-order valence-corrected chi connectivity index (χ3v) is 3.23. The van der Waals surface area contributed by atoms with Crippen LogP contribution in [0.4, 0.5) is 4.39 Å². The summed E-state index contributed by atoms with van der Waals surface area (Å²) in [6, 6.07) is 8.50. The van der Waals surface area contributed by atoms with E-state index in [-0.39, 0.29) is 5.82 Å². The lowest BCUT2D eigenvalue weighted by molar-refractivity contribution is 0.256. The first kappa shape index (κ1) is 12.8. The molecule has 1 aliphatic carbocycles. The van der Waals surface area contributed by atoms with Gasteiger partial charge < -0.3 is 4.42 Å². The van der Waals surface area contributed by atoms with Gasteiger partial charge in [-0.3, -0.25) is 4.90 Å². The van der Waals surface area contributed by atoms with Crippen LogP contribution >= 0.6 is 0 Å². The summed E-state index contributed by atoms with van der Waals surface area (Å²) in [7, 11) is 0. The van der Waals surface area contributed by atoms with Crippen molar-refractivity contribution < 1.29 is 8.81 Å². The fourth-order valence-corrected chi connectivity index (χ4v) is 2.04.